The van der Waals surface area contributed by atoms with Crippen molar-refractivity contribution in [3.63, 3.8) is 0 Å². The first-order chi connectivity index (χ1) is 18.2. The molecule has 1 unspecified atom stereocenters. The Balaban J connectivity index is 3.32. The summed E-state index contributed by atoms with van der Waals surface area (Å²) < 4.78 is 0. The number of allylic oxidation sites excluding steroid dienone is 2. The molecule has 0 bridgehead atoms. The van der Waals surface area contributed by atoms with Crippen molar-refractivity contribution in [1.82, 2.24) is 5.32 Å². The molecule has 0 radical (unpaired) electrons. The van der Waals surface area contributed by atoms with E-state index in [-0.39, 0.29) is 5.91 Å². The van der Waals surface area contributed by atoms with Crippen LogP contribution in [0.5, 0.6) is 0 Å². The predicted molar refractivity (Wildman–Crippen MR) is 164 cm³/mol. The molecule has 0 aliphatic carbocycles. The van der Waals surface area contributed by atoms with Gasteiger partial charge in [0.25, 0.3) is 0 Å². The van der Waals surface area contributed by atoms with Crippen molar-refractivity contribution in [2.75, 3.05) is 6.54 Å². The Morgan fingerprint density at radius 1 is 0.541 bits per heavy atom. The Labute approximate surface area is 233 Å². The minimum atomic E-state index is -0.822. The van der Waals surface area contributed by atoms with Crippen LogP contribution in [0.25, 0.3) is 0 Å². The van der Waals surface area contributed by atoms with Crippen LogP contribution in [-0.4, -0.2) is 23.7 Å². The van der Waals surface area contributed by atoms with E-state index in [0.717, 1.165) is 19.3 Å². The van der Waals surface area contributed by atoms with Crippen LogP contribution in [0.3, 0.4) is 0 Å². The van der Waals surface area contributed by atoms with E-state index in [0.29, 0.717) is 13.0 Å². The molecule has 0 aromatic carbocycles. The molecule has 0 fully saturated rings. The first kappa shape index (κ1) is 36.2. The van der Waals surface area contributed by atoms with Gasteiger partial charge in [-0.05, 0) is 38.5 Å². The first-order valence-corrected chi connectivity index (χ1v) is 16.8. The molecule has 3 heteroatoms. The lowest BCUT2D eigenvalue weighted by Crippen LogP contribution is -2.35. The average molecular weight is 522 g/mol. The summed E-state index contributed by atoms with van der Waals surface area (Å²) in [6.45, 7) is 5.25. The van der Waals surface area contributed by atoms with Crippen LogP contribution in [0.1, 0.15) is 187 Å². The number of hydrogen-bond acceptors (Lipinski definition) is 2. The number of hydrogen-bond donors (Lipinski definition) is 2. The number of amides is 1. The van der Waals surface area contributed by atoms with Gasteiger partial charge in [0.15, 0.2) is 0 Å². The van der Waals surface area contributed by atoms with Crippen molar-refractivity contribution >= 4 is 5.91 Å². The average Bonchev–Trinajstić information content (AvgIpc) is 2.90. The summed E-state index contributed by atoms with van der Waals surface area (Å²) >= 11 is 0. The normalized spacial score (nSPS) is 12.4. The second-order valence-corrected chi connectivity index (χ2v) is 11.4. The Kier molecular flexibility index (Phi) is 30.7. The van der Waals surface area contributed by atoms with Crippen LogP contribution in [0.15, 0.2) is 12.2 Å². The molecule has 0 aliphatic rings. The van der Waals surface area contributed by atoms with E-state index in [4.69, 9.17) is 0 Å². The molecule has 0 spiro atoms. The highest BCUT2D eigenvalue weighted by Gasteiger charge is 2.13. The Bertz CT molecular complexity index is 476. The van der Waals surface area contributed by atoms with Crippen LogP contribution in [-0.2, 0) is 4.79 Å². The lowest BCUT2D eigenvalue weighted by atomic mass is 10.0. The van der Waals surface area contributed by atoms with Gasteiger partial charge in [0.05, 0.1) is 0 Å². The molecule has 1 amide bonds. The molecular formula is C34H67NO2. The fourth-order valence-corrected chi connectivity index (χ4v) is 5.01. The lowest BCUT2D eigenvalue weighted by molar-refractivity contribution is -0.129. The molecule has 2 N–H and O–H groups in total. The summed E-state index contributed by atoms with van der Waals surface area (Å²) in [7, 11) is 0. The smallest absolute Gasteiger partial charge is 0.248 e. The van der Waals surface area contributed by atoms with E-state index >= 15 is 0 Å². The number of rotatable bonds is 30. The molecule has 0 aromatic rings. The molecule has 0 saturated heterocycles. The van der Waals surface area contributed by atoms with Gasteiger partial charge in [-0.1, -0.05) is 161 Å². The monoisotopic (exact) mass is 522 g/mol. The van der Waals surface area contributed by atoms with E-state index in [1.165, 1.54) is 148 Å². The number of unbranched alkanes of at least 4 members (excludes halogenated alkanes) is 23. The highest BCUT2D eigenvalue weighted by atomic mass is 16.3. The van der Waals surface area contributed by atoms with Gasteiger partial charge in [0, 0.05) is 6.54 Å². The molecule has 0 aromatic heterocycles. The highest BCUT2D eigenvalue weighted by molar-refractivity contribution is 5.80. The molecule has 1 atom stereocenters. The zero-order valence-electron chi connectivity index (χ0n) is 25.4. The van der Waals surface area contributed by atoms with Gasteiger partial charge in [-0.25, -0.2) is 0 Å². The summed E-state index contributed by atoms with van der Waals surface area (Å²) in [6, 6.07) is 0. The van der Waals surface area contributed by atoms with Crippen LogP contribution in [0.4, 0.5) is 0 Å². The quantitative estimate of drug-likeness (QED) is 0.0729. The van der Waals surface area contributed by atoms with Crippen molar-refractivity contribution in [1.29, 1.82) is 0 Å². The fraction of sp³-hybridized carbons (Fsp3) is 0.912. The first-order valence-electron chi connectivity index (χ1n) is 16.8. The molecule has 0 heterocycles. The summed E-state index contributed by atoms with van der Waals surface area (Å²) in [5, 5.41) is 13.0. The molecule has 0 rings (SSSR count). The van der Waals surface area contributed by atoms with Gasteiger partial charge in [-0.3, -0.25) is 4.79 Å². The second-order valence-electron chi connectivity index (χ2n) is 11.4. The van der Waals surface area contributed by atoms with Crippen molar-refractivity contribution in [2.45, 2.75) is 193 Å². The third-order valence-corrected chi connectivity index (χ3v) is 7.62. The van der Waals surface area contributed by atoms with E-state index in [1.54, 1.807) is 0 Å². The molecular weight excluding hydrogens is 454 g/mol. The summed E-state index contributed by atoms with van der Waals surface area (Å²) in [6.07, 6.45) is 38.3. The minimum absolute atomic E-state index is 0.171. The van der Waals surface area contributed by atoms with E-state index in [9.17, 15) is 9.90 Å². The van der Waals surface area contributed by atoms with Crippen LogP contribution >= 0.6 is 0 Å². The number of nitrogens with one attached hydrogen (secondary N) is 1. The number of carbonyl (C=O) groups is 1. The van der Waals surface area contributed by atoms with E-state index < -0.39 is 6.10 Å². The molecule has 0 aliphatic heterocycles. The largest absolute Gasteiger partial charge is 0.383 e. The maximum Gasteiger partial charge on any atom is 0.248 e. The van der Waals surface area contributed by atoms with Gasteiger partial charge < -0.3 is 10.4 Å². The highest BCUT2D eigenvalue weighted by Crippen LogP contribution is 2.13. The maximum atomic E-state index is 12.1. The van der Waals surface area contributed by atoms with Gasteiger partial charge in [0.2, 0.25) is 5.91 Å². The fourth-order valence-electron chi connectivity index (χ4n) is 5.01. The van der Waals surface area contributed by atoms with Crippen LogP contribution in [0, 0.1) is 0 Å². The molecule has 37 heavy (non-hydrogen) atoms. The molecule has 3 nitrogen and oxygen atoms in total. The van der Waals surface area contributed by atoms with Gasteiger partial charge in [0.1, 0.15) is 6.10 Å². The maximum absolute atomic E-state index is 12.1. The summed E-state index contributed by atoms with van der Waals surface area (Å²) in [4.78, 5) is 12.1. The standard InChI is InChI=1S/C34H67NO2/c1-3-5-7-9-11-13-15-17-18-19-20-22-24-26-28-30-32-35-34(37)33(36)31-29-27-25-23-21-16-14-12-10-8-6-4-2/h17-18,33,36H,3-16,19-32H2,1-2H3,(H,35,37)/b18-17-. The van der Waals surface area contributed by atoms with Crippen molar-refractivity contribution in [3.05, 3.63) is 12.2 Å². The molecule has 220 valence electrons. The number of carbonyl (C=O) groups excluding carboxylic acids is 1. The van der Waals surface area contributed by atoms with Gasteiger partial charge >= 0.3 is 0 Å². The Morgan fingerprint density at radius 2 is 0.892 bits per heavy atom. The zero-order chi connectivity index (χ0) is 27.1. The Morgan fingerprint density at radius 3 is 1.32 bits per heavy atom. The van der Waals surface area contributed by atoms with Gasteiger partial charge in [-0.2, -0.15) is 0 Å². The van der Waals surface area contributed by atoms with Crippen molar-refractivity contribution in [2.24, 2.45) is 0 Å². The SMILES string of the molecule is CCCCCCCC/C=C\CCCCCCCCNC(=O)C(O)CCCCCCCCCCCCCC. The number of aliphatic hydroxyl groups is 1. The lowest BCUT2D eigenvalue weighted by Gasteiger charge is -2.11. The van der Waals surface area contributed by atoms with Crippen LogP contribution in [0.2, 0.25) is 0 Å². The Hall–Kier alpha value is -0.830. The second kappa shape index (κ2) is 31.4. The van der Waals surface area contributed by atoms with E-state index in [1.807, 2.05) is 0 Å². The van der Waals surface area contributed by atoms with Gasteiger partial charge in [-0.15, -0.1) is 0 Å². The topological polar surface area (TPSA) is 49.3 Å². The summed E-state index contributed by atoms with van der Waals surface area (Å²) in [5.74, 6) is -0.171. The van der Waals surface area contributed by atoms with E-state index in [2.05, 4.69) is 31.3 Å². The predicted octanol–water partition coefficient (Wildman–Crippen LogP) is 10.6. The van der Waals surface area contributed by atoms with Crippen molar-refractivity contribution in [3.8, 4) is 0 Å². The van der Waals surface area contributed by atoms with Crippen molar-refractivity contribution < 1.29 is 9.90 Å². The van der Waals surface area contributed by atoms with Crippen LogP contribution < -0.4 is 5.32 Å². The third-order valence-electron chi connectivity index (χ3n) is 7.62. The molecule has 0 saturated carbocycles. The minimum Gasteiger partial charge on any atom is -0.383 e. The summed E-state index contributed by atoms with van der Waals surface area (Å²) in [5.41, 5.74) is 0. The number of aliphatic hydroxyl groups excluding tert-OH is 1. The third kappa shape index (κ3) is 29.6. The zero-order valence-corrected chi connectivity index (χ0v) is 25.4.